The maximum absolute atomic E-state index is 5.92. The van der Waals surface area contributed by atoms with Crippen molar-refractivity contribution in [3.05, 3.63) is 23.8 Å². The first-order valence-corrected chi connectivity index (χ1v) is 5.60. The number of nitrogen functional groups attached to an aromatic ring is 1. The number of hydrogen-bond donors (Lipinski definition) is 2. The lowest BCUT2D eigenvalue weighted by Crippen LogP contribution is -2.44. The van der Waals surface area contributed by atoms with Crippen LogP contribution >= 0.6 is 0 Å². The second-order valence-electron chi connectivity index (χ2n) is 5.15. The summed E-state index contributed by atoms with van der Waals surface area (Å²) in [5.74, 6) is 0. The second kappa shape index (κ2) is 4.74. The molecule has 0 heterocycles. The Morgan fingerprint density at radius 2 is 1.94 bits per heavy atom. The summed E-state index contributed by atoms with van der Waals surface area (Å²) >= 11 is 0. The van der Waals surface area contributed by atoms with Crippen molar-refractivity contribution in [2.45, 2.75) is 26.3 Å². The van der Waals surface area contributed by atoms with Gasteiger partial charge in [0, 0.05) is 12.1 Å². The Bertz CT molecular complexity index is 356. The minimum Gasteiger partial charge on any atom is -0.397 e. The molecule has 0 amide bonds. The van der Waals surface area contributed by atoms with E-state index in [0.29, 0.717) is 0 Å². The van der Waals surface area contributed by atoms with Crippen molar-refractivity contribution < 1.29 is 0 Å². The highest BCUT2D eigenvalue weighted by molar-refractivity contribution is 5.67. The maximum atomic E-state index is 5.92. The fraction of sp³-hybridized carbons (Fsp3) is 0.538. The summed E-state index contributed by atoms with van der Waals surface area (Å²) in [6.45, 7) is 7.34. The van der Waals surface area contributed by atoms with Crippen molar-refractivity contribution in [3.8, 4) is 0 Å². The van der Waals surface area contributed by atoms with Gasteiger partial charge in [0.2, 0.25) is 0 Å². The topological polar surface area (TPSA) is 41.3 Å². The zero-order chi connectivity index (χ0) is 12.3. The quantitative estimate of drug-likeness (QED) is 0.767. The summed E-state index contributed by atoms with van der Waals surface area (Å²) < 4.78 is 0. The van der Waals surface area contributed by atoms with Crippen LogP contribution in [-0.2, 0) is 0 Å². The van der Waals surface area contributed by atoms with E-state index in [1.165, 1.54) is 5.56 Å². The Morgan fingerprint density at radius 1 is 1.31 bits per heavy atom. The number of hydrogen-bond acceptors (Lipinski definition) is 3. The molecule has 0 radical (unpaired) electrons. The molecule has 90 valence electrons. The average molecular weight is 221 g/mol. The van der Waals surface area contributed by atoms with Crippen LogP contribution in [0.3, 0.4) is 0 Å². The van der Waals surface area contributed by atoms with Gasteiger partial charge >= 0.3 is 0 Å². The molecule has 1 aromatic rings. The fourth-order valence-corrected chi connectivity index (χ4v) is 1.29. The number of nitrogens with two attached hydrogens (primary N) is 1. The van der Waals surface area contributed by atoms with E-state index in [0.717, 1.165) is 17.9 Å². The van der Waals surface area contributed by atoms with Crippen molar-refractivity contribution in [3.63, 3.8) is 0 Å². The molecule has 0 spiro atoms. The minimum absolute atomic E-state index is 0.107. The van der Waals surface area contributed by atoms with Gasteiger partial charge in [-0.05, 0) is 52.6 Å². The Balaban J connectivity index is 2.71. The van der Waals surface area contributed by atoms with Gasteiger partial charge in [0.1, 0.15) is 0 Å². The van der Waals surface area contributed by atoms with Gasteiger partial charge in [0.25, 0.3) is 0 Å². The lowest BCUT2D eigenvalue weighted by atomic mass is 10.0. The van der Waals surface area contributed by atoms with Crippen LogP contribution in [0, 0.1) is 6.92 Å². The van der Waals surface area contributed by atoms with Gasteiger partial charge < -0.3 is 16.0 Å². The molecular formula is C13H23N3. The van der Waals surface area contributed by atoms with E-state index in [-0.39, 0.29) is 5.54 Å². The van der Waals surface area contributed by atoms with E-state index < -0.39 is 0 Å². The molecule has 0 saturated heterocycles. The lowest BCUT2D eigenvalue weighted by Gasteiger charge is -2.33. The van der Waals surface area contributed by atoms with Gasteiger partial charge in [0.05, 0.1) is 11.4 Å². The second-order valence-corrected chi connectivity index (χ2v) is 5.15. The van der Waals surface area contributed by atoms with Crippen molar-refractivity contribution in [1.29, 1.82) is 0 Å². The summed E-state index contributed by atoms with van der Waals surface area (Å²) in [6.07, 6.45) is 0. The zero-order valence-electron chi connectivity index (χ0n) is 11.0. The third-order valence-electron chi connectivity index (χ3n) is 3.13. The van der Waals surface area contributed by atoms with E-state index in [9.17, 15) is 0 Å². The van der Waals surface area contributed by atoms with Crippen LogP contribution in [0.15, 0.2) is 18.2 Å². The first-order valence-electron chi connectivity index (χ1n) is 5.60. The molecule has 0 bridgehead atoms. The molecule has 3 N–H and O–H groups in total. The minimum atomic E-state index is 0.107. The number of aryl methyl sites for hydroxylation is 1. The molecule has 0 aromatic heterocycles. The van der Waals surface area contributed by atoms with Gasteiger partial charge in [-0.1, -0.05) is 6.07 Å². The predicted molar refractivity (Wildman–Crippen MR) is 71.8 cm³/mol. The Labute approximate surface area is 98.6 Å². The first-order chi connectivity index (χ1) is 7.33. The largest absolute Gasteiger partial charge is 0.397 e. The molecule has 0 aliphatic rings. The van der Waals surface area contributed by atoms with Crippen molar-refractivity contribution in [1.82, 2.24) is 4.90 Å². The van der Waals surface area contributed by atoms with Gasteiger partial charge in [-0.2, -0.15) is 0 Å². The van der Waals surface area contributed by atoms with Gasteiger partial charge in [-0.25, -0.2) is 0 Å². The first kappa shape index (κ1) is 12.8. The molecule has 1 rings (SSSR count). The predicted octanol–water partition coefficient (Wildman–Crippen LogP) is 2.33. The molecule has 0 unspecified atom stereocenters. The molecule has 0 atom stereocenters. The summed E-state index contributed by atoms with van der Waals surface area (Å²) in [6, 6.07) is 6.05. The highest BCUT2D eigenvalue weighted by atomic mass is 15.2. The van der Waals surface area contributed by atoms with Crippen molar-refractivity contribution in [2.24, 2.45) is 0 Å². The van der Waals surface area contributed by atoms with Gasteiger partial charge in [0.15, 0.2) is 0 Å². The van der Waals surface area contributed by atoms with Gasteiger partial charge in [-0.3, -0.25) is 0 Å². The fourth-order valence-electron chi connectivity index (χ4n) is 1.29. The monoisotopic (exact) mass is 221 g/mol. The van der Waals surface area contributed by atoms with Crippen LogP contribution in [0.5, 0.6) is 0 Å². The van der Waals surface area contributed by atoms with E-state index in [4.69, 9.17) is 5.73 Å². The molecular weight excluding hydrogens is 198 g/mol. The zero-order valence-corrected chi connectivity index (χ0v) is 11.0. The van der Waals surface area contributed by atoms with E-state index in [1.54, 1.807) is 0 Å². The number of nitrogens with zero attached hydrogens (tertiary/aromatic N) is 1. The van der Waals surface area contributed by atoms with E-state index in [2.05, 4.69) is 51.1 Å². The Kier molecular flexibility index (Phi) is 3.81. The number of likely N-dealkylation sites (N-methyl/N-ethyl adjacent to an activating group) is 1. The van der Waals surface area contributed by atoms with Gasteiger partial charge in [-0.15, -0.1) is 0 Å². The molecule has 16 heavy (non-hydrogen) atoms. The summed E-state index contributed by atoms with van der Waals surface area (Å²) in [5, 5.41) is 3.41. The highest BCUT2D eigenvalue weighted by Crippen LogP contribution is 2.21. The van der Waals surface area contributed by atoms with E-state index in [1.807, 2.05) is 12.1 Å². The molecule has 0 fully saturated rings. The van der Waals surface area contributed by atoms with Crippen LogP contribution in [0.4, 0.5) is 11.4 Å². The van der Waals surface area contributed by atoms with Crippen LogP contribution in [0.2, 0.25) is 0 Å². The molecule has 3 heteroatoms. The summed E-state index contributed by atoms with van der Waals surface area (Å²) in [4.78, 5) is 2.20. The molecule has 3 nitrogen and oxygen atoms in total. The molecule has 0 aliphatic carbocycles. The number of rotatable bonds is 4. The standard InChI is InChI=1S/C13H23N3/c1-10-6-7-11(14)12(8-10)15-9-13(2,3)16(4)5/h6-8,15H,9,14H2,1-5H3. The summed E-state index contributed by atoms with van der Waals surface area (Å²) in [7, 11) is 4.17. The summed E-state index contributed by atoms with van der Waals surface area (Å²) in [5.41, 5.74) is 9.08. The smallest absolute Gasteiger partial charge is 0.0577 e. The molecule has 0 saturated carbocycles. The third-order valence-corrected chi connectivity index (χ3v) is 3.13. The van der Waals surface area contributed by atoms with Crippen molar-refractivity contribution >= 4 is 11.4 Å². The normalized spacial score (nSPS) is 11.9. The van der Waals surface area contributed by atoms with Crippen molar-refractivity contribution in [2.75, 3.05) is 31.7 Å². The third kappa shape index (κ3) is 3.14. The molecule has 0 aliphatic heterocycles. The lowest BCUT2D eigenvalue weighted by molar-refractivity contribution is 0.210. The Hall–Kier alpha value is -1.22. The Morgan fingerprint density at radius 3 is 2.50 bits per heavy atom. The number of nitrogens with one attached hydrogen (secondary N) is 1. The van der Waals surface area contributed by atoms with Crippen LogP contribution in [0.25, 0.3) is 0 Å². The number of benzene rings is 1. The van der Waals surface area contributed by atoms with Crippen LogP contribution < -0.4 is 11.1 Å². The maximum Gasteiger partial charge on any atom is 0.0577 e. The highest BCUT2D eigenvalue weighted by Gasteiger charge is 2.20. The SMILES string of the molecule is Cc1ccc(N)c(NCC(C)(C)N(C)C)c1. The van der Waals surface area contributed by atoms with Crippen LogP contribution in [-0.4, -0.2) is 31.1 Å². The van der Waals surface area contributed by atoms with E-state index >= 15 is 0 Å². The average Bonchev–Trinajstić information content (AvgIpc) is 2.19. The van der Waals surface area contributed by atoms with Crippen LogP contribution in [0.1, 0.15) is 19.4 Å². The molecule has 1 aromatic carbocycles. The number of anilines is 2.